The normalized spacial score (nSPS) is 13.7. The molecule has 3 atom stereocenters. The third-order valence-corrected chi connectivity index (χ3v) is 6.20. The van der Waals surface area contributed by atoms with Gasteiger partial charge in [-0.15, -0.1) is 0 Å². The third-order valence-electron chi connectivity index (χ3n) is 6.20. The summed E-state index contributed by atoms with van der Waals surface area (Å²) in [5, 5.41) is 27.4. The highest BCUT2D eigenvalue weighted by atomic mass is 16.6. The molecular weight excluding hydrogens is 480 g/mol. The zero-order valence-electron chi connectivity index (χ0n) is 22.5. The van der Waals surface area contributed by atoms with E-state index in [1.807, 2.05) is 60.7 Å². The monoisotopic (exact) mass is 518 g/mol. The summed E-state index contributed by atoms with van der Waals surface area (Å²) >= 11 is 0. The maximum Gasteiger partial charge on any atom is 0.407 e. The first-order valence-corrected chi connectivity index (χ1v) is 12.9. The molecule has 0 bridgehead atoms. The number of amides is 2. The summed E-state index contributed by atoms with van der Waals surface area (Å²) in [6, 6.07) is 23.0. The van der Waals surface area contributed by atoms with Crippen molar-refractivity contribution < 1.29 is 24.5 Å². The van der Waals surface area contributed by atoms with Gasteiger partial charge >= 0.3 is 6.09 Å². The molecule has 38 heavy (non-hydrogen) atoms. The molecular formula is C31H38N2O5. The Labute approximate surface area is 224 Å². The molecule has 0 aliphatic carbocycles. The van der Waals surface area contributed by atoms with Crippen LogP contribution >= 0.6 is 0 Å². The number of ether oxygens (including phenoxy) is 1. The van der Waals surface area contributed by atoms with E-state index in [4.69, 9.17) is 4.74 Å². The van der Waals surface area contributed by atoms with Crippen molar-refractivity contribution in [1.82, 2.24) is 10.6 Å². The zero-order valence-corrected chi connectivity index (χ0v) is 22.5. The lowest BCUT2D eigenvalue weighted by Crippen LogP contribution is -2.49. The van der Waals surface area contributed by atoms with Crippen molar-refractivity contribution in [3.8, 4) is 5.75 Å². The molecule has 0 fully saturated rings. The molecule has 0 aliphatic rings. The average molecular weight is 519 g/mol. The number of aromatic hydroxyl groups is 1. The first-order valence-electron chi connectivity index (χ1n) is 12.9. The van der Waals surface area contributed by atoms with Gasteiger partial charge in [0.1, 0.15) is 11.4 Å². The fourth-order valence-corrected chi connectivity index (χ4v) is 4.29. The minimum absolute atomic E-state index is 0.0299. The van der Waals surface area contributed by atoms with Crippen LogP contribution in [0.4, 0.5) is 4.79 Å². The molecule has 202 valence electrons. The van der Waals surface area contributed by atoms with Crippen molar-refractivity contribution in [2.24, 2.45) is 0 Å². The molecule has 7 nitrogen and oxygen atoms in total. The Morgan fingerprint density at radius 1 is 0.842 bits per heavy atom. The van der Waals surface area contributed by atoms with Crippen LogP contribution in [-0.4, -0.2) is 46.0 Å². The molecule has 0 radical (unpaired) electrons. The highest BCUT2D eigenvalue weighted by Crippen LogP contribution is 2.21. The van der Waals surface area contributed by atoms with Crippen LogP contribution in [0.2, 0.25) is 0 Å². The van der Waals surface area contributed by atoms with E-state index in [1.54, 1.807) is 39.8 Å². The lowest BCUT2D eigenvalue weighted by molar-refractivity contribution is 0.0463. The van der Waals surface area contributed by atoms with E-state index in [9.17, 15) is 19.8 Å². The van der Waals surface area contributed by atoms with Gasteiger partial charge in [-0.1, -0.05) is 66.7 Å². The molecule has 7 heteroatoms. The second kappa shape index (κ2) is 13.1. The van der Waals surface area contributed by atoms with Gasteiger partial charge in [0.05, 0.1) is 12.1 Å². The largest absolute Gasteiger partial charge is 0.508 e. The SMILES string of the molecule is Cc1c(O)cccc1C(=O)N[C@@H](Cc1ccccc1)[C@@H](O)C[C@H](Cc1ccccc1)NC(=O)OC(C)(C)C. The molecule has 0 spiro atoms. The van der Waals surface area contributed by atoms with Crippen LogP contribution in [0.1, 0.15) is 54.2 Å². The van der Waals surface area contributed by atoms with Crippen molar-refractivity contribution in [1.29, 1.82) is 0 Å². The Bertz CT molecular complexity index is 1190. The van der Waals surface area contributed by atoms with Gasteiger partial charge in [0, 0.05) is 17.2 Å². The summed E-state index contributed by atoms with van der Waals surface area (Å²) in [6.45, 7) is 7.06. The molecule has 0 saturated heterocycles. The summed E-state index contributed by atoms with van der Waals surface area (Å²) in [5.74, 6) is -0.361. The predicted molar refractivity (Wildman–Crippen MR) is 148 cm³/mol. The third kappa shape index (κ3) is 8.92. The number of carbonyl (C=O) groups excluding carboxylic acids is 2. The minimum Gasteiger partial charge on any atom is -0.508 e. The van der Waals surface area contributed by atoms with E-state index in [0.717, 1.165) is 11.1 Å². The van der Waals surface area contributed by atoms with Gasteiger partial charge in [0.2, 0.25) is 0 Å². The van der Waals surface area contributed by atoms with E-state index >= 15 is 0 Å². The Morgan fingerprint density at radius 2 is 1.42 bits per heavy atom. The van der Waals surface area contributed by atoms with Gasteiger partial charge in [0.25, 0.3) is 5.91 Å². The fourth-order valence-electron chi connectivity index (χ4n) is 4.29. The molecule has 3 aromatic carbocycles. The maximum atomic E-state index is 13.2. The van der Waals surface area contributed by atoms with E-state index in [1.165, 1.54) is 6.07 Å². The highest BCUT2D eigenvalue weighted by molar-refractivity contribution is 5.96. The lowest BCUT2D eigenvalue weighted by atomic mass is 9.93. The number of hydrogen-bond acceptors (Lipinski definition) is 5. The minimum atomic E-state index is -0.986. The van der Waals surface area contributed by atoms with Gasteiger partial charge in [-0.3, -0.25) is 4.79 Å². The van der Waals surface area contributed by atoms with Gasteiger partial charge in [0.15, 0.2) is 0 Å². The zero-order chi connectivity index (χ0) is 27.7. The summed E-state index contributed by atoms with van der Waals surface area (Å²) in [4.78, 5) is 25.8. The van der Waals surface area contributed by atoms with E-state index in [0.29, 0.717) is 24.0 Å². The summed E-state index contributed by atoms with van der Waals surface area (Å²) in [6.07, 6.45) is -0.499. The molecule has 4 N–H and O–H groups in total. The number of benzene rings is 3. The molecule has 0 saturated carbocycles. The number of alkyl carbamates (subject to hydrolysis) is 1. The Morgan fingerprint density at radius 3 is 2.00 bits per heavy atom. The van der Waals surface area contributed by atoms with Crippen LogP contribution in [0.25, 0.3) is 0 Å². The van der Waals surface area contributed by atoms with Crippen molar-refractivity contribution >= 4 is 12.0 Å². The van der Waals surface area contributed by atoms with E-state index in [2.05, 4.69) is 10.6 Å². The van der Waals surface area contributed by atoms with Gasteiger partial charge < -0.3 is 25.6 Å². The summed E-state index contributed by atoms with van der Waals surface area (Å²) < 4.78 is 5.47. The van der Waals surface area contributed by atoms with Crippen LogP contribution in [0, 0.1) is 6.92 Å². The van der Waals surface area contributed by atoms with Crippen LogP contribution in [0.15, 0.2) is 78.9 Å². The second-order valence-corrected chi connectivity index (χ2v) is 10.6. The van der Waals surface area contributed by atoms with Crippen molar-refractivity contribution in [2.45, 2.75) is 70.7 Å². The predicted octanol–water partition coefficient (Wildman–Crippen LogP) is 4.93. The number of aliphatic hydroxyl groups is 1. The van der Waals surface area contributed by atoms with E-state index < -0.39 is 35.8 Å². The highest BCUT2D eigenvalue weighted by Gasteiger charge is 2.28. The number of phenolic OH excluding ortho intramolecular Hbond substituents is 1. The number of nitrogens with one attached hydrogen (secondary N) is 2. The Hall–Kier alpha value is -3.84. The van der Waals surface area contributed by atoms with Gasteiger partial charge in [-0.05, 0) is 70.2 Å². The Balaban J connectivity index is 1.83. The number of carbonyl (C=O) groups is 2. The molecule has 2 amide bonds. The van der Waals surface area contributed by atoms with Gasteiger partial charge in [-0.2, -0.15) is 0 Å². The van der Waals surface area contributed by atoms with Crippen molar-refractivity contribution in [3.05, 3.63) is 101 Å². The molecule has 3 aromatic rings. The smallest absolute Gasteiger partial charge is 0.407 e. The molecule has 3 rings (SSSR count). The van der Waals surface area contributed by atoms with E-state index in [-0.39, 0.29) is 12.2 Å². The summed E-state index contributed by atoms with van der Waals surface area (Å²) in [7, 11) is 0. The average Bonchev–Trinajstić information content (AvgIpc) is 2.85. The summed E-state index contributed by atoms with van der Waals surface area (Å²) in [5.41, 5.74) is 2.08. The molecule has 0 unspecified atom stereocenters. The fraction of sp³-hybridized carbons (Fsp3) is 0.355. The Kier molecular flexibility index (Phi) is 9.91. The lowest BCUT2D eigenvalue weighted by Gasteiger charge is -2.29. The maximum absolute atomic E-state index is 13.2. The van der Waals surface area contributed by atoms with Crippen LogP contribution in [0.5, 0.6) is 5.75 Å². The molecule has 0 heterocycles. The quantitative estimate of drug-likeness (QED) is 0.304. The first kappa shape index (κ1) is 28.7. The second-order valence-electron chi connectivity index (χ2n) is 10.6. The molecule has 0 aromatic heterocycles. The van der Waals surface area contributed by atoms with Crippen LogP contribution < -0.4 is 10.6 Å². The molecule has 0 aliphatic heterocycles. The van der Waals surface area contributed by atoms with Gasteiger partial charge in [-0.25, -0.2) is 4.79 Å². The number of aliphatic hydroxyl groups excluding tert-OH is 1. The topological polar surface area (TPSA) is 108 Å². The number of rotatable bonds is 10. The van der Waals surface area contributed by atoms with Crippen LogP contribution in [0.3, 0.4) is 0 Å². The van der Waals surface area contributed by atoms with Crippen LogP contribution in [-0.2, 0) is 17.6 Å². The van der Waals surface area contributed by atoms with Crippen molar-refractivity contribution in [2.75, 3.05) is 0 Å². The number of phenols is 1. The standard InChI is InChI=1S/C31H38N2O5/c1-21-25(16-11-17-27(21)34)29(36)33-26(19-23-14-9-6-10-15-23)28(35)20-24(18-22-12-7-5-8-13-22)32-30(37)38-31(2,3)4/h5-17,24,26,28,34-35H,18-20H2,1-4H3,(H,32,37)(H,33,36)/t24-,26-,28-/m0/s1. The first-order chi connectivity index (χ1) is 18.0. The van der Waals surface area contributed by atoms with Crippen molar-refractivity contribution in [3.63, 3.8) is 0 Å². The number of hydrogen-bond donors (Lipinski definition) is 4.